The molecule has 0 N–H and O–H groups in total. The van der Waals surface area contributed by atoms with Gasteiger partial charge in [0.15, 0.2) is 0 Å². The first kappa shape index (κ1) is 19.7. The van der Waals surface area contributed by atoms with Gasteiger partial charge in [0.05, 0.1) is 0 Å². The minimum Gasteiger partial charge on any atom is -0.346 e. The zero-order valence-electron chi connectivity index (χ0n) is 8.49. The van der Waals surface area contributed by atoms with Gasteiger partial charge in [0.1, 0.15) is 0 Å². The van der Waals surface area contributed by atoms with Crippen LogP contribution in [0.2, 0.25) is 0 Å². The number of allylic oxidation sites excluding steroid dienone is 8. The fourth-order valence-electron chi connectivity index (χ4n) is 0.680. The van der Waals surface area contributed by atoms with Crippen molar-refractivity contribution in [1.82, 2.24) is 0 Å². The van der Waals surface area contributed by atoms with Crippen LogP contribution >= 0.6 is 12.4 Å². The molecule has 0 spiro atoms. The summed E-state index contributed by atoms with van der Waals surface area (Å²) in [7, 11) is 0. The number of hydrogen-bond acceptors (Lipinski definition) is 0. The summed E-state index contributed by atoms with van der Waals surface area (Å²) in [6.45, 7) is 5.00. The summed E-state index contributed by atoms with van der Waals surface area (Å²) in [5.41, 5.74) is 0. The Hall–Kier alpha value is 0.133. The summed E-state index contributed by atoms with van der Waals surface area (Å²) in [6, 6.07) is 0. The summed E-state index contributed by atoms with van der Waals surface area (Å²) >= 11 is 0. The Bertz CT molecular complexity index is 148. The van der Waals surface area contributed by atoms with E-state index in [2.05, 4.69) is 31.2 Å². The van der Waals surface area contributed by atoms with Crippen molar-refractivity contribution in [2.75, 3.05) is 0 Å². The molecule has 0 fully saturated rings. The first-order valence-corrected chi connectivity index (χ1v) is 4.14. The zero-order chi connectivity index (χ0) is 9.07. The van der Waals surface area contributed by atoms with E-state index >= 15 is 0 Å². The van der Waals surface area contributed by atoms with E-state index < -0.39 is 0 Å². The molecule has 2 aliphatic carbocycles. The Labute approximate surface area is 113 Å². The Morgan fingerprint density at radius 3 is 1.36 bits per heavy atom. The standard InChI is InChI=1S/2C5H5.C2H5.ClH.Zr/c2*1-2-4-5-3-1;1-2;;/h2*1-3H,4H2;1H2,2H3;1H;/q3*-1;;+3. The molecule has 0 saturated heterocycles. The van der Waals surface area contributed by atoms with Crippen LogP contribution in [0.5, 0.6) is 0 Å². The van der Waals surface area contributed by atoms with E-state index in [1.807, 2.05) is 24.3 Å². The van der Waals surface area contributed by atoms with E-state index in [1.54, 1.807) is 6.92 Å². The Morgan fingerprint density at radius 2 is 1.29 bits per heavy atom. The van der Waals surface area contributed by atoms with Gasteiger partial charge in [0.2, 0.25) is 0 Å². The van der Waals surface area contributed by atoms with Gasteiger partial charge in [-0.05, 0) is 0 Å². The van der Waals surface area contributed by atoms with Crippen LogP contribution in [0.1, 0.15) is 19.8 Å². The molecule has 0 atom stereocenters. The van der Waals surface area contributed by atoms with E-state index in [9.17, 15) is 0 Å². The van der Waals surface area contributed by atoms with E-state index in [0.29, 0.717) is 0 Å². The van der Waals surface area contributed by atoms with Crippen LogP contribution in [0.25, 0.3) is 0 Å². The molecule has 0 unspecified atom stereocenters. The summed E-state index contributed by atoms with van der Waals surface area (Å²) < 4.78 is 0. The average molecular weight is 287 g/mol. The molecule has 14 heavy (non-hydrogen) atoms. The largest absolute Gasteiger partial charge is 3.00 e. The van der Waals surface area contributed by atoms with Crippen molar-refractivity contribution in [3.05, 3.63) is 55.5 Å². The van der Waals surface area contributed by atoms with Crippen molar-refractivity contribution < 1.29 is 26.2 Å². The summed E-state index contributed by atoms with van der Waals surface area (Å²) in [4.78, 5) is 0. The molecule has 0 amide bonds. The monoisotopic (exact) mass is 285 g/mol. The minimum atomic E-state index is 0. The van der Waals surface area contributed by atoms with Gasteiger partial charge in [-0.2, -0.15) is 19.1 Å². The van der Waals surface area contributed by atoms with E-state index in [4.69, 9.17) is 0 Å². The molecule has 0 aromatic rings. The van der Waals surface area contributed by atoms with Crippen molar-refractivity contribution in [2.45, 2.75) is 19.8 Å². The first-order valence-electron chi connectivity index (χ1n) is 4.14. The van der Waals surface area contributed by atoms with E-state index in [-0.39, 0.29) is 38.6 Å². The van der Waals surface area contributed by atoms with Gasteiger partial charge in [0.25, 0.3) is 0 Å². The summed E-state index contributed by atoms with van der Waals surface area (Å²) in [6.07, 6.45) is 20.0. The molecule has 2 aliphatic rings. The van der Waals surface area contributed by atoms with Gasteiger partial charge >= 0.3 is 26.2 Å². The summed E-state index contributed by atoms with van der Waals surface area (Å²) in [5.74, 6) is 0. The van der Waals surface area contributed by atoms with Crippen molar-refractivity contribution in [3.8, 4) is 0 Å². The molecule has 75 valence electrons. The second-order valence-corrected chi connectivity index (χ2v) is 2.01. The molecule has 0 nitrogen and oxygen atoms in total. The fraction of sp³-hybridized carbons (Fsp3) is 0.250. The molecule has 0 heterocycles. The zero-order valence-corrected chi connectivity index (χ0v) is 11.8. The molecule has 0 aliphatic heterocycles. The van der Waals surface area contributed by atoms with Gasteiger partial charge in [-0.25, -0.2) is 24.3 Å². The Balaban J connectivity index is -0.000000131. The van der Waals surface area contributed by atoms with E-state index in [0.717, 1.165) is 12.8 Å². The summed E-state index contributed by atoms with van der Waals surface area (Å²) in [5, 5.41) is 0. The van der Waals surface area contributed by atoms with Crippen molar-refractivity contribution in [2.24, 2.45) is 0 Å². The van der Waals surface area contributed by atoms with Crippen LogP contribution in [0.4, 0.5) is 0 Å². The molecular weight excluding hydrogens is 271 g/mol. The molecule has 1 radical (unpaired) electrons. The van der Waals surface area contributed by atoms with E-state index in [1.165, 1.54) is 0 Å². The smallest absolute Gasteiger partial charge is 0.346 e. The van der Waals surface area contributed by atoms with Gasteiger partial charge < -0.3 is 6.92 Å². The molecule has 2 heteroatoms. The third kappa shape index (κ3) is 14.6. The molecule has 0 saturated carbocycles. The van der Waals surface area contributed by atoms with Gasteiger partial charge in [0, 0.05) is 0 Å². The second-order valence-electron chi connectivity index (χ2n) is 2.01. The maximum Gasteiger partial charge on any atom is 3.00 e. The second kappa shape index (κ2) is 18.8. The molecule has 0 aromatic heterocycles. The van der Waals surface area contributed by atoms with Crippen LogP contribution < -0.4 is 0 Å². The first-order chi connectivity index (χ1) is 6.00. The average Bonchev–Trinajstić information content (AvgIpc) is 2.87. The van der Waals surface area contributed by atoms with Gasteiger partial charge in [-0.3, -0.25) is 12.2 Å². The molecule has 0 bridgehead atoms. The topological polar surface area (TPSA) is 0 Å². The maximum atomic E-state index is 3.25. The van der Waals surface area contributed by atoms with Gasteiger partial charge in [-0.15, -0.1) is 25.2 Å². The predicted molar refractivity (Wildman–Crippen MR) is 61.4 cm³/mol. The Kier molecular flexibility index (Phi) is 26.5. The van der Waals surface area contributed by atoms with Crippen LogP contribution in [0.3, 0.4) is 0 Å². The fourth-order valence-corrected chi connectivity index (χ4v) is 0.680. The predicted octanol–water partition coefficient (Wildman–Crippen LogP) is 3.87. The van der Waals surface area contributed by atoms with Crippen LogP contribution in [0.15, 0.2) is 36.5 Å². The van der Waals surface area contributed by atoms with Crippen molar-refractivity contribution in [3.63, 3.8) is 0 Å². The van der Waals surface area contributed by atoms with Crippen LogP contribution in [0, 0.1) is 19.1 Å². The maximum absolute atomic E-state index is 3.25. The Morgan fingerprint density at radius 1 is 0.929 bits per heavy atom. The SMILES string of the molecule is Cl.[C-]1=CC=CC1.[C-]1=CC=CC1.[CH2-]C.[Zr+3]. The van der Waals surface area contributed by atoms with Crippen LogP contribution in [-0.4, -0.2) is 0 Å². The number of rotatable bonds is 0. The van der Waals surface area contributed by atoms with Crippen LogP contribution in [-0.2, 0) is 26.2 Å². The van der Waals surface area contributed by atoms with Crippen molar-refractivity contribution >= 4 is 12.4 Å². The normalized spacial score (nSPS) is 13.0. The third-order valence-corrected chi connectivity index (χ3v) is 1.17. The third-order valence-electron chi connectivity index (χ3n) is 1.17. The number of hydrogen-bond donors (Lipinski definition) is 0. The quantitative estimate of drug-likeness (QED) is 0.593. The van der Waals surface area contributed by atoms with Crippen molar-refractivity contribution in [1.29, 1.82) is 0 Å². The minimum absolute atomic E-state index is 0. The molecule has 0 aromatic carbocycles. The van der Waals surface area contributed by atoms with Gasteiger partial charge in [-0.1, -0.05) is 0 Å². The number of halogens is 1. The molecule has 2 rings (SSSR count). The molecular formula is C12H16ClZr.